The highest BCUT2D eigenvalue weighted by Gasteiger charge is 2.69. The Morgan fingerprint density at radius 1 is 0.796 bits per heavy atom. The minimum atomic E-state index is -1.68. The largest absolute Gasteiger partial charge is 0.432 e. The van der Waals surface area contributed by atoms with Crippen LogP contribution in [0.25, 0.3) is 0 Å². The zero-order chi connectivity index (χ0) is 39.5. The van der Waals surface area contributed by atoms with Gasteiger partial charge in [-0.1, -0.05) is 53.2 Å². The molecule has 8 N–H and O–H groups in total. The molecule has 0 unspecified atom stereocenters. The van der Waals surface area contributed by atoms with E-state index in [0.717, 1.165) is 38.5 Å². The molecule has 4 saturated carbocycles. The van der Waals surface area contributed by atoms with Crippen LogP contribution in [0, 0.1) is 57.2 Å². The van der Waals surface area contributed by atoms with Crippen molar-refractivity contribution in [3.63, 3.8) is 0 Å². The molecule has 0 amide bonds. The molecule has 13 nitrogen and oxygen atoms in total. The SMILES string of the molecule is C[C@@H]1C[C@@H](C(=O)O[C@@H]2O[C@H](CO)[C@@H](O)[C@H](O)[C@H]2O)[C@@H]2CC[C@]3(C)C(=CC[C@@H]4[C@@]5(C)CC[C@H](O[C@H]6O[C@H](CO)[C@@H](O)[C@@H]6O)C(C)(C)[C@@H]5CC[C@]43C)[C@@H]2[C@]1(C)O. The Kier molecular flexibility index (Phi) is 10.6. The molecular weight excluding hydrogens is 700 g/mol. The highest BCUT2D eigenvalue weighted by molar-refractivity contribution is 5.73. The molecule has 0 aromatic heterocycles. The van der Waals surface area contributed by atoms with E-state index in [1.807, 2.05) is 13.8 Å². The normalized spacial score (nSPS) is 55.4. The molecule has 2 saturated heterocycles. The lowest BCUT2D eigenvalue weighted by atomic mass is 9.34. The standard InChI is InChI=1S/C41H66O13/c1-19-16-21(34(49)54-36-33(48)31(46)29(44)23(17-42)52-36)20-10-14-39(5)22(28(20)41(19,7)50)8-9-26-38(4)13-12-27(37(2,3)25(38)11-15-40(26,39)6)53-35-32(47)30(45)24(18-43)51-35/h8,19-21,23-33,35-36,42-48,50H,9-18H2,1-7H3/t19-,20+,21-,23-,24-,25+,26-,27+,28-,29-,30-,31+,32+,33-,35-,36+,38+,39-,40-,41-/m1/s1. The van der Waals surface area contributed by atoms with E-state index in [0.29, 0.717) is 24.7 Å². The number of ether oxygens (including phenoxy) is 4. The summed E-state index contributed by atoms with van der Waals surface area (Å²) < 4.78 is 23.5. The molecular formula is C41H66O13. The summed E-state index contributed by atoms with van der Waals surface area (Å²) in [5, 5.41) is 83.9. The maximum atomic E-state index is 14.0. The summed E-state index contributed by atoms with van der Waals surface area (Å²) in [7, 11) is 0. The van der Waals surface area contributed by atoms with E-state index >= 15 is 0 Å². The molecule has 54 heavy (non-hydrogen) atoms. The van der Waals surface area contributed by atoms with Crippen LogP contribution in [-0.2, 0) is 23.7 Å². The van der Waals surface area contributed by atoms with Crippen LogP contribution >= 0.6 is 0 Å². The molecule has 2 heterocycles. The number of carbonyl (C=O) groups is 1. The van der Waals surface area contributed by atoms with Gasteiger partial charge in [0.2, 0.25) is 6.29 Å². The van der Waals surface area contributed by atoms with Gasteiger partial charge in [-0.05, 0) is 104 Å². The monoisotopic (exact) mass is 766 g/mol. The summed E-state index contributed by atoms with van der Waals surface area (Å²) >= 11 is 0. The third kappa shape index (κ3) is 5.84. The number of hydrogen-bond donors (Lipinski definition) is 8. The van der Waals surface area contributed by atoms with Crippen molar-refractivity contribution >= 4 is 5.97 Å². The first-order valence-corrected chi connectivity index (χ1v) is 20.4. The summed E-state index contributed by atoms with van der Waals surface area (Å²) in [6.07, 6.45) is -3.37. The lowest BCUT2D eigenvalue weighted by Crippen LogP contribution is -2.66. The molecule has 6 fully saturated rings. The average molecular weight is 767 g/mol. The Balaban J connectivity index is 1.14. The zero-order valence-electron chi connectivity index (χ0n) is 33.0. The van der Waals surface area contributed by atoms with E-state index in [1.165, 1.54) is 5.57 Å². The van der Waals surface area contributed by atoms with Crippen LogP contribution in [0.2, 0.25) is 0 Å². The van der Waals surface area contributed by atoms with Crippen molar-refractivity contribution in [1.82, 2.24) is 0 Å². The van der Waals surface area contributed by atoms with Crippen molar-refractivity contribution in [1.29, 1.82) is 0 Å². The first-order valence-electron chi connectivity index (χ1n) is 20.4. The van der Waals surface area contributed by atoms with E-state index in [2.05, 4.69) is 40.7 Å². The fraction of sp³-hybridized carbons (Fsp3) is 0.927. The number of aliphatic hydroxyl groups is 8. The summed E-state index contributed by atoms with van der Waals surface area (Å²) in [5.74, 6) is -1.27. The van der Waals surface area contributed by atoms with Crippen LogP contribution in [0.4, 0.5) is 0 Å². The molecule has 308 valence electrons. The van der Waals surface area contributed by atoms with E-state index in [4.69, 9.17) is 18.9 Å². The fourth-order valence-electron chi connectivity index (χ4n) is 13.6. The van der Waals surface area contributed by atoms with Crippen molar-refractivity contribution in [2.75, 3.05) is 13.2 Å². The third-order valence-corrected chi connectivity index (χ3v) is 17.1. The van der Waals surface area contributed by atoms with Gasteiger partial charge in [-0.15, -0.1) is 0 Å². The molecule has 13 heteroatoms. The lowest BCUT2D eigenvalue weighted by Gasteiger charge is -2.71. The summed E-state index contributed by atoms with van der Waals surface area (Å²) in [5.41, 5.74) is -0.493. The quantitative estimate of drug-likeness (QED) is 0.143. The minimum Gasteiger partial charge on any atom is -0.432 e. The topological polar surface area (TPSA) is 216 Å². The minimum absolute atomic E-state index is 0.0271. The summed E-state index contributed by atoms with van der Waals surface area (Å²) in [4.78, 5) is 14.0. The Morgan fingerprint density at radius 2 is 1.41 bits per heavy atom. The van der Waals surface area contributed by atoms with Gasteiger partial charge in [0.1, 0.15) is 42.7 Å². The van der Waals surface area contributed by atoms with Crippen LogP contribution in [0.15, 0.2) is 11.6 Å². The number of fused-ring (bicyclic) bond motifs is 7. The Bertz CT molecular complexity index is 1450. The second-order valence-corrected chi connectivity index (χ2v) is 19.8. The van der Waals surface area contributed by atoms with Crippen LogP contribution in [0.5, 0.6) is 0 Å². The van der Waals surface area contributed by atoms with E-state index in [9.17, 15) is 45.6 Å². The van der Waals surface area contributed by atoms with Gasteiger partial charge in [0, 0.05) is 5.92 Å². The summed E-state index contributed by atoms with van der Waals surface area (Å²) in [6.45, 7) is 14.6. The van der Waals surface area contributed by atoms with Gasteiger partial charge in [0.05, 0.1) is 30.8 Å². The van der Waals surface area contributed by atoms with Crippen molar-refractivity contribution in [2.24, 2.45) is 57.2 Å². The highest BCUT2D eigenvalue weighted by atomic mass is 16.7. The van der Waals surface area contributed by atoms with Crippen molar-refractivity contribution in [2.45, 2.75) is 167 Å². The van der Waals surface area contributed by atoms with Gasteiger partial charge in [0.25, 0.3) is 0 Å². The molecule has 2 aliphatic heterocycles. The number of carbonyl (C=O) groups excluding carboxylic acids is 1. The second-order valence-electron chi connectivity index (χ2n) is 19.8. The number of allylic oxidation sites excluding steroid dienone is 1. The molecule has 0 aromatic rings. The highest BCUT2D eigenvalue weighted by Crippen LogP contribution is 2.75. The van der Waals surface area contributed by atoms with Crippen molar-refractivity contribution in [3.05, 3.63) is 11.6 Å². The van der Waals surface area contributed by atoms with E-state index in [-0.39, 0.29) is 45.5 Å². The number of hydrogen-bond acceptors (Lipinski definition) is 13. The average Bonchev–Trinajstić information content (AvgIpc) is 3.39. The van der Waals surface area contributed by atoms with E-state index < -0.39 is 86.0 Å². The van der Waals surface area contributed by atoms with Crippen LogP contribution in [0.3, 0.4) is 0 Å². The van der Waals surface area contributed by atoms with Crippen molar-refractivity contribution < 1.29 is 64.6 Å². The molecule has 0 spiro atoms. The lowest BCUT2D eigenvalue weighted by molar-refractivity contribution is -0.295. The maximum Gasteiger partial charge on any atom is 0.311 e. The summed E-state index contributed by atoms with van der Waals surface area (Å²) in [6, 6.07) is 0. The molecule has 7 aliphatic rings. The third-order valence-electron chi connectivity index (χ3n) is 17.1. The number of esters is 1. The fourth-order valence-corrected chi connectivity index (χ4v) is 13.6. The van der Waals surface area contributed by atoms with Gasteiger partial charge in [-0.25, -0.2) is 0 Å². The first kappa shape index (κ1) is 40.9. The molecule has 0 radical (unpaired) electrons. The Hall–Kier alpha value is -1.23. The predicted octanol–water partition coefficient (Wildman–Crippen LogP) is 1.78. The first-order chi connectivity index (χ1) is 25.2. The van der Waals surface area contributed by atoms with Crippen LogP contribution in [0.1, 0.15) is 99.8 Å². The Morgan fingerprint density at radius 3 is 2.06 bits per heavy atom. The smallest absolute Gasteiger partial charge is 0.311 e. The number of rotatable bonds is 6. The predicted molar refractivity (Wildman–Crippen MR) is 193 cm³/mol. The molecule has 7 rings (SSSR count). The van der Waals surface area contributed by atoms with Gasteiger partial charge >= 0.3 is 5.97 Å². The van der Waals surface area contributed by atoms with Crippen molar-refractivity contribution in [3.8, 4) is 0 Å². The van der Waals surface area contributed by atoms with Gasteiger partial charge in [-0.2, -0.15) is 0 Å². The molecule has 0 bridgehead atoms. The molecule has 0 aromatic carbocycles. The van der Waals surface area contributed by atoms with E-state index in [1.54, 1.807) is 0 Å². The Labute approximate surface area is 319 Å². The second kappa shape index (κ2) is 14.0. The molecule has 5 aliphatic carbocycles. The maximum absolute atomic E-state index is 14.0. The van der Waals surface area contributed by atoms with Gasteiger partial charge in [-0.3, -0.25) is 4.79 Å². The van der Waals surface area contributed by atoms with Crippen LogP contribution in [-0.4, -0.2) is 127 Å². The zero-order valence-corrected chi connectivity index (χ0v) is 33.0. The van der Waals surface area contributed by atoms with Gasteiger partial charge in [0.15, 0.2) is 6.29 Å². The molecule has 20 atom stereocenters. The van der Waals surface area contributed by atoms with Gasteiger partial charge < -0.3 is 59.8 Å². The van der Waals surface area contributed by atoms with Crippen LogP contribution < -0.4 is 0 Å². The number of aliphatic hydroxyl groups excluding tert-OH is 7.